The molecule has 1 atom stereocenters. The molecular formula is C49H49ClF4N6O7S3. The van der Waals surface area contributed by atoms with Crippen molar-refractivity contribution in [2.45, 2.75) is 45.7 Å². The number of aromatic nitrogens is 1. The number of anilines is 4. The minimum Gasteiger partial charge on any atom is -0.478 e. The Balaban J connectivity index is 0.969. The van der Waals surface area contributed by atoms with E-state index < -0.39 is 64.8 Å². The highest BCUT2D eigenvalue weighted by Gasteiger charge is 2.48. The van der Waals surface area contributed by atoms with E-state index in [0.717, 1.165) is 22.7 Å². The average Bonchev–Trinajstić information content (AvgIpc) is 3.58. The fourth-order valence-electron chi connectivity index (χ4n) is 8.70. The topological polar surface area (TPSA) is 165 Å². The van der Waals surface area contributed by atoms with Gasteiger partial charge in [-0.05, 0) is 109 Å². The molecule has 5 aromatic carbocycles. The molecule has 0 aliphatic carbocycles. The van der Waals surface area contributed by atoms with Gasteiger partial charge in [0.25, 0.3) is 19.9 Å². The number of aromatic carboxylic acids is 1. The van der Waals surface area contributed by atoms with Crippen LogP contribution in [0.4, 0.5) is 40.3 Å². The second kappa shape index (κ2) is 20.5. The van der Waals surface area contributed by atoms with Crippen LogP contribution in [0.15, 0.2) is 130 Å². The molecule has 0 saturated carbocycles. The Hall–Kier alpha value is -5.77. The molecular weight excluding hydrogens is 992 g/mol. The number of β-amino-alcohol motifs (C(OH)–C–C–N with tert-alkyl or cyclic N) is 1. The molecule has 0 spiro atoms. The molecule has 21 heteroatoms. The van der Waals surface area contributed by atoms with Crippen LogP contribution in [0.5, 0.6) is 0 Å². The Bertz CT molecular complexity index is 3100. The Labute approximate surface area is 412 Å². The highest BCUT2D eigenvalue weighted by Crippen LogP contribution is 2.42. The van der Waals surface area contributed by atoms with Crippen LogP contribution in [0, 0.1) is 12.7 Å². The summed E-state index contributed by atoms with van der Waals surface area (Å²) in [5, 5.41) is 23.5. The summed E-state index contributed by atoms with van der Waals surface area (Å²) in [7, 11) is -8.91. The molecule has 1 aromatic heterocycles. The van der Waals surface area contributed by atoms with Crippen molar-refractivity contribution in [3.8, 4) is 22.4 Å². The van der Waals surface area contributed by atoms with Crippen LogP contribution in [0.1, 0.15) is 22.5 Å². The van der Waals surface area contributed by atoms with E-state index in [4.69, 9.17) is 11.6 Å². The first-order valence-electron chi connectivity index (χ1n) is 22.1. The zero-order valence-electron chi connectivity index (χ0n) is 37.8. The molecule has 2 aliphatic rings. The number of thioether (sulfide) groups is 1. The molecule has 2 saturated heterocycles. The van der Waals surface area contributed by atoms with Crippen molar-refractivity contribution < 1.29 is 49.4 Å². The standard InChI is InChI=1S/C49H49ClF4N6O7S3/c1-31-45(48(62)63)46(47(57(31)2)32-8-10-34(50)11-9-32)33-24-35(51)26-39(25-33)60-22-20-59(21-23-60)38-14-12-36(13-15-38)56-70(66,67)42-16-17-43(44(27-42)69(64,65)49(52,53)54)55-37(18-19-58-28-40(61)29-58)30-68-41-6-4-3-5-7-41/h3-17,24-27,37,40,55-56,61H,18-23,28-30H2,1-2H3,(H,62,63)/t37-/m1/s1. The van der Waals surface area contributed by atoms with E-state index in [0.29, 0.717) is 103 Å². The number of piperazine rings is 1. The monoisotopic (exact) mass is 1040 g/mol. The van der Waals surface area contributed by atoms with E-state index in [1.54, 1.807) is 61.0 Å². The van der Waals surface area contributed by atoms with Crippen molar-refractivity contribution >= 4 is 71.9 Å². The Morgan fingerprint density at radius 2 is 1.49 bits per heavy atom. The van der Waals surface area contributed by atoms with E-state index in [1.807, 2.05) is 45.0 Å². The minimum absolute atomic E-state index is 0.0548. The molecule has 370 valence electrons. The maximum Gasteiger partial charge on any atom is 0.501 e. The Morgan fingerprint density at radius 3 is 2.10 bits per heavy atom. The van der Waals surface area contributed by atoms with Crippen LogP contribution in [0.25, 0.3) is 22.4 Å². The number of alkyl halides is 3. The van der Waals surface area contributed by atoms with Gasteiger partial charge in [-0.2, -0.15) is 13.2 Å². The number of hydrogen-bond donors (Lipinski definition) is 4. The molecule has 13 nitrogen and oxygen atoms in total. The number of nitrogens with zero attached hydrogens (tertiary/aromatic N) is 4. The lowest BCUT2D eigenvalue weighted by Crippen LogP contribution is -2.51. The van der Waals surface area contributed by atoms with E-state index in [-0.39, 0.29) is 11.3 Å². The van der Waals surface area contributed by atoms with Crippen LogP contribution in [-0.4, -0.2) is 112 Å². The Morgan fingerprint density at radius 1 is 0.843 bits per heavy atom. The summed E-state index contributed by atoms with van der Waals surface area (Å²) < 4.78 is 116. The van der Waals surface area contributed by atoms with E-state index in [2.05, 4.69) is 10.0 Å². The largest absolute Gasteiger partial charge is 0.501 e. The lowest BCUT2D eigenvalue weighted by molar-refractivity contribution is -0.0436. The highest BCUT2D eigenvalue weighted by atomic mass is 35.5. The van der Waals surface area contributed by atoms with Gasteiger partial charge in [-0.15, -0.1) is 11.8 Å². The second-order valence-corrected chi connectivity index (χ2v) is 22.3. The van der Waals surface area contributed by atoms with Crippen LogP contribution in [-0.2, 0) is 26.9 Å². The summed E-state index contributed by atoms with van der Waals surface area (Å²) in [6.45, 7) is 4.90. The summed E-state index contributed by atoms with van der Waals surface area (Å²) in [6, 6.07) is 29.1. The highest BCUT2D eigenvalue weighted by molar-refractivity contribution is 7.99. The predicted octanol–water partition coefficient (Wildman–Crippen LogP) is 9.22. The zero-order chi connectivity index (χ0) is 50.1. The van der Waals surface area contributed by atoms with Crippen LogP contribution >= 0.6 is 23.4 Å². The first-order valence-corrected chi connectivity index (χ1v) is 26.4. The summed E-state index contributed by atoms with van der Waals surface area (Å²) in [6.07, 6.45) is -0.0824. The van der Waals surface area contributed by atoms with Gasteiger partial charge in [0, 0.05) is 103 Å². The van der Waals surface area contributed by atoms with Crippen molar-refractivity contribution in [3.63, 3.8) is 0 Å². The van der Waals surface area contributed by atoms with Gasteiger partial charge in [-0.25, -0.2) is 26.0 Å². The van der Waals surface area contributed by atoms with Crippen molar-refractivity contribution in [3.05, 3.63) is 137 Å². The first kappa shape index (κ1) is 50.6. The number of carboxylic acid groups (broad SMARTS) is 1. The number of sulfone groups is 1. The molecule has 70 heavy (non-hydrogen) atoms. The Kier molecular flexibility index (Phi) is 14.8. The second-order valence-electron chi connectivity index (χ2n) is 17.2. The van der Waals surface area contributed by atoms with Gasteiger partial charge in [-0.3, -0.25) is 9.62 Å². The number of rotatable bonds is 17. The predicted molar refractivity (Wildman–Crippen MR) is 266 cm³/mol. The molecule has 8 rings (SSSR count). The average molecular weight is 1040 g/mol. The van der Waals surface area contributed by atoms with Crippen molar-refractivity contribution in [2.75, 3.05) is 71.4 Å². The number of nitrogens with one attached hydrogen (secondary N) is 2. The number of likely N-dealkylation sites (tertiary alicyclic amines) is 1. The van der Waals surface area contributed by atoms with Crippen molar-refractivity contribution in [1.29, 1.82) is 0 Å². The number of carbonyl (C=O) groups is 1. The maximum atomic E-state index is 15.5. The van der Waals surface area contributed by atoms with Gasteiger partial charge in [0.05, 0.1) is 27.9 Å². The third-order valence-electron chi connectivity index (χ3n) is 12.5. The van der Waals surface area contributed by atoms with Gasteiger partial charge in [0.15, 0.2) is 0 Å². The van der Waals surface area contributed by atoms with Crippen LogP contribution in [0.3, 0.4) is 0 Å². The van der Waals surface area contributed by atoms with Crippen molar-refractivity contribution in [2.24, 2.45) is 7.05 Å². The minimum atomic E-state index is -6.04. The van der Waals surface area contributed by atoms with Gasteiger partial charge in [0.1, 0.15) is 10.7 Å². The summed E-state index contributed by atoms with van der Waals surface area (Å²) in [4.78, 5) is 17.6. The molecule has 0 amide bonds. The summed E-state index contributed by atoms with van der Waals surface area (Å²) >= 11 is 7.57. The van der Waals surface area contributed by atoms with Gasteiger partial charge >= 0.3 is 11.5 Å². The number of carboxylic acids is 1. The zero-order valence-corrected chi connectivity index (χ0v) is 41.0. The van der Waals surface area contributed by atoms with Gasteiger partial charge in [0.2, 0.25) is 0 Å². The lowest BCUT2D eigenvalue weighted by atomic mass is 9.96. The normalized spacial score (nSPS) is 15.4. The fourth-order valence-corrected chi connectivity index (χ4v) is 11.9. The third kappa shape index (κ3) is 11.1. The molecule has 0 radical (unpaired) electrons. The summed E-state index contributed by atoms with van der Waals surface area (Å²) in [5.41, 5.74) is -2.17. The molecule has 0 bridgehead atoms. The molecule has 2 aliphatic heterocycles. The van der Waals surface area contributed by atoms with E-state index in [9.17, 15) is 45.0 Å². The van der Waals surface area contributed by atoms with Crippen LogP contribution < -0.4 is 19.8 Å². The number of hydrogen-bond acceptors (Lipinski definition) is 11. The van der Waals surface area contributed by atoms with Gasteiger partial charge < -0.3 is 29.9 Å². The molecule has 4 N–H and O–H groups in total. The van der Waals surface area contributed by atoms with E-state index in [1.165, 1.54) is 36.0 Å². The maximum absolute atomic E-state index is 15.5. The molecule has 6 aromatic rings. The molecule has 0 unspecified atom stereocenters. The first-order chi connectivity index (χ1) is 33.2. The number of sulfonamides is 1. The van der Waals surface area contributed by atoms with E-state index >= 15 is 4.39 Å². The lowest BCUT2D eigenvalue weighted by Gasteiger charge is -2.37. The van der Waals surface area contributed by atoms with Crippen LogP contribution in [0.2, 0.25) is 5.02 Å². The van der Waals surface area contributed by atoms with Gasteiger partial charge in [-0.1, -0.05) is 41.9 Å². The number of aliphatic hydroxyl groups is 1. The number of benzene rings is 5. The molecule has 3 heterocycles. The third-order valence-corrected chi connectivity index (χ3v) is 16.8. The van der Waals surface area contributed by atoms with Crippen molar-refractivity contribution in [1.82, 2.24) is 9.47 Å². The smallest absolute Gasteiger partial charge is 0.478 e. The number of halogens is 5. The quantitative estimate of drug-likeness (QED) is 0.0507. The fraction of sp³-hybridized carbons (Fsp3) is 0.286. The summed E-state index contributed by atoms with van der Waals surface area (Å²) in [5.74, 6) is -1.35. The SMILES string of the molecule is Cc1c(C(=O)O)c(-c2cc(F)cc(N3CCN(c4ccc(NS(=O)(=O)c5ccc(N[C@H](CCN6CC(O)C6)CSc6ccccc6)c(S(=O)(=O)C(F)(F)F)c5)cc4)CC3)c2)c(-c2ccc(Cl)cc2)n1C. The molecule has 2 fully saturated rings. The number of aliphatic hydroxyl groups excluding tert-OH is 1.